The number of piperidine rings is 1. The summed E-state index contributed by atoms with van der Waals surface area (Å²) in [6, 6.07) is 17.0. The third-order valence-electron chi connectivity index (χ3n) is 5.22. The van der Waals surface area contributed by atoms with Gasteiger partial charge in [-0.15, -0.1) is 0 Å². The van der Waals surface area contributed by atoms with Gasteiger partial charge in [0.05, 0.1) is 15.6 Å². The Kier molecular flexibility index (Phi) is 5.94. The lowest BCUT2D eigenvalue weighted by Crippen LogP contribution is -2.41. The minimum Gasteiger partial charge on any atom is -0.310 e. The molecule has 1 fully saturated rings. The fourth-order valence-corrected chi connectivity index (χ4v) is 3.99. The summed E-state index contributed by atoms with van der Waals surface area (Å²) in [5.41, 5.74) is 3.52. The molecule has 0 radical (unpaired) electrons. The number of pyridine rings is 1. The van der Waals surface area contributed by atoms with Crippen molar-refractivity contribution in [2.75, 3.05) is 13.1 Å². The second kappa shape index (κ2) is 8.57. The van der Waals surface area contributed by atoms with E-state index >= 15 is 0 Å². The molecule has 3 aromatic rings. The molecule has 2 aromatic carbocycles. The van der Waals surface area contributed by atoms with Gasteiger partial charge < -0.3 is 5.32 Å². The predicted molar refractivity (Wildman–Crippen MR) is 113 cm³/mol. The van der Waals surface area contributed by atoms with Crippen molar-refractivity contribution in [2.24, 2.45) is 0 Å². The highest BCUT2D eigenvalue weighted by Gasteiger charge is 2.19. The summed E-state index contributed by atoms with van der Waals surface area (Å²) >= 11 is 12.1. The summed E-state index contributed by atoms with van der Waals surface area (Å²) < 4.78 is 0. The van der Waals surface area contributed by atoms with Crippen LogP contribution < -0.4 is 5.32 Å². The molecule has 4 rings (SSSR count). The lowest BCUT2D eigenvalue weighted by Gasteiger charge is -2.32. The topological polar surface area (TPSA) is 28.2 Å². The Bertz CT molecular complexity index is 920. The smallest absolute Gasteiger partial charge is 0.0702 e. The summed E-state index contributed by atoms with van der Waals surface area (Å²) in [6.45, 7) is 3.98. The molecule has 0 aliphatic carbocycles. The van der Waals surface area contributed by atoms with Crippen LogP contribution in [0.5, 0.6) is 0 Å². The molecule has 1 aliphatic rings. The monoisotopic (exact) mass is 399 g/mol. The van der Waals surface area contributed by atoms with Crippen LogP contribution in [0.1, 0.15) is 24.0 Å². The van der Waals surface area contributed by atoms with E-state index in [1.165, 1.54) is 16.5 Å². The number of likely N-dealkylation sites (tertiary alicyclic amines) is 1. The first-order valence-corrected chi connectivity index (χ1v) is 10.2. The molecule has 0 unspecified atom stereocenters. The van der Waals surface area contributed by atoms with E-state index in [-0.39, 0.29) is 0 Å². The van der Waals surface area contributed by atoms with Crippen LogP contribution in [0.2, 0.25) is 10.0 Å². The number of benzene rings is 2. The van der Waals surface area contributed by atoms with E-state index in [0.29, 0.717) is 16.1 Å². The fourth-order valence-electron chi connectivity index (χ4n) is 3.67. The van der Waals surface area contributed by atoms with Gasteiger partial charge in [-0.3, -0.25) is 9.88 Å². The van der Waals surface area contributed by atoms with Crippen LogP contribution in [-0.2, 0) is 13.1 Å². The highest BCUT2D eigenvalue weighted by molar-refractivity contribution is 6.42. The van der Waals surface area contributed by atoms with Crippen LogP contribution in [0.15, 0.2) is 54.7 Å². The normalized spacial score (nSPS) is 16.1. The average Bonchev–Trinajstić information content (AvgIpc) is 2.70. The summed E-state index contributed by atoms with van der Waals surface area (Å²) in [5, 5.41) is 6.15. The van der Waals surface area contributed by atoms with Gasteiger partial charge in [-0.25, -0.2) is 0 Å². The van der Waals surface area contributed by atoms with Gasteiger partial charge >= 0.3 is 0 Å². The Hall–Kier alpha value is -1.65. The Balaban J connectivity index is 1.27. The van der Waals surface area contributed by atoms with Crippen LogP contribution in [0, 0.1) is 0 Å². The van der Waals surface area contributed by atoms with E-state index in [1.54, 1.807) is 0 Å². The second-order valence-electron chi connectivity index (χ2n) is 7.22. The Labute approximate surface area is 170 Å². The number of hydrogen-bond donors (Lipinski definition) is 1. The summed E-state index contributed by atoms with van der Waals surface area (Å²) in [6.07, 6.45) is 4.29. The lowest BCUT2D eigenvalue weighted by atomic mass is 10.0. The van der Waals surface area contributed by atoms with E-state index in [4.69, 9.17) is 23.2 Å². The molecular weight excluding hydrogens is 377 g/mol. The molecule has 1 saturated heterocycles. The minimum atomic E-state index is 0.557. The van der Waals surface area contributed by atoms with Gasteiger partial charge in [-0.05, 0) is 61.3 Å². The van der Waals surface area contributed by atoms with Gasteiger partial charge in [-0.2, -0.15) is 0 Å². The highest BCUT2D eigenvalue weighted by Crippen LogP contribution is 2.24. The van der Waals surface area contributed by atoms with E-state index in [2.05, 4.69) is 45.5 Å². The number of para-hydroxylation sites is 1. The van der Waals surface area contributed by atoms with Gasteiger partial charge in [0.25, 0.3) is 0 Å². The van der Waals surface area contributed by atoms with Crippen LogP contribution in [0.25, 0.3) is 10.9 Å². The maximum atomic E-state index is 6.12. The molecule has 2 heterocycles. The molecule has 0 bridgehead atoms. The molecule has 1 N–H and O–H groups in total. The van der Waals surface area contributed by atoms with Gasteiger partial charge in [0, 0.05) is 30.7 Å². The van der Waals surface area contributed by atoms with Crippen molar-refractivity contribution in [1.29, 1.82) is 0 Å². The predicted octanol–water partition coefficient (Wildman–Crippen LogP) is 5.30. The number of halogens is 2. The number of nitrogens with one attached hydrogen (secondary N) is 1. The van der Waals surface area contributed by atoms with Crippen LogP contribution >= 0.6 is 23.2 Å². The van der Waals surface area contributed by atoms with Crippen molar-refractivity contribution in [3.8, 4) is 0 Å². The lowest BCUT2D eigenvalue weighted by molar-refractivity contribution is 0.190. The molecule has 0 saturated carbocycles. The zero-order valence-corrected chi connectivity index (χ0v) is 16.7. The molecule has 140 valence electrons. The van der Waals surface area contributed by atoms with E-state index in [0.717, 1.165) is 44.5 Å². The summed E-state index contributed by atoms with van der Waals surface area (Å²) in [5.74, 6) is 0. The summed E-state index contributed by atoms with van der Waals surface area (Å²) in [4.78, 5) is 7.03. The Morgan fingerprint density at radius 1 is 0.963 bits per heavy atom. The van der Waals surface area contributed by atoms with Gasteiger partial charge in [0.1, 0.15) is 0 Å². The molecule has 0 amide bonds. The second-order valence-corrected chi connectivity index (χ2v) is 8.03. The number of hydrogen-bond acceptors (Lipinski definition) is 3. The zero-order chi connectivity index (χ0) is 18.6. The number of aromatic nitrogens is 1. The maximum Gasteiger partial charge on any atom is 0.0702 e. The molecule has 0 atom stereocenters. The van der Waals surface area contributed by atoms with Crippen molar-refractivity contribution in [3.05, 3.63) is 75.9 Å². The Morgan fingerprint density at radius 2 is 1.78 bits per heavy atom. The van der Waals surface area contributed by atoms with Crippen molar-refractivity contribution < 1.29 is 0 Å². The molecule has 5 heteroatoms. The first-order valence-electron chi connectivity index (χ1n) is 9.41. The zero-order valence-electron chi connectivity index (χ0n) is 15.2. The fraction of sp³-hybridized carbons (Fsp3) is 0.318. The van der Waals surface area contributed by atoms with Gasteiger partial charge in [-0.1, -0.05) is 47.5 Å². The number of fused-ring (bicyclic) bond motifs is 1. The largest absolute Gasteiger partial charge is 0.310 e. The summed E-state index contributed by atoms with van der Waals surface area (Å²) in [7, 11) is 0. The van der Waals surface area contributed by atoms with Crippen molar-refractivity contribution in [3.63, 3.8) is 0 Å². The number of nitrogens with zero attached hydrogens (tertiary/aromatic N) is 2. The molecule has 0 spiro atoms. The van der Waals surface area contributed by atoms with Crippen LogP contribution in [-0.4, -0.2) is 29.0 Å². The standard InChI is InChI=1S/C22H23Cl2N3/c23-20-6-5-16(12-21(20)24)15-27-9-7-19(8-10-27)25-13-17-11-18-3-1-2-4-22(18)26-14-17/h1-6,11-12,14,19,25H,7-10,13,15H2. The molecule has 1 aromatic heterocycles. The minimum absolute atomic E-state index is 0.557. The van der Waals surface area contributed by atoms with Gasteiger partial charge in [0.15, 0.2) is 0 Å². The first kappa shape index (κ1) is 18.7. The first-order chi connectivity index (χ1) is 13.2. The van der Waals surface area contributed by atoms with Crippen LogP contribution in [0.4, 0.5) is 0 Å². The third-order valence-corrected chi connectivity index (χ3v) is 5.96. The average molecular weight is 400 g/mol. The van der Waals surface area contributed by atoms with E-state index < -0.39 is 0 Å². The van der Waals surface area contributed by atoms with E-state index in [1.807, 2.05) is 24.4 Å². The SMILES string of the molecule is Clc1ccc(CN2CCC(NCc3cnc4ccccc4c3)CC2)cc1Cl. The molecule has 1 aliphatic heterocycles. The van der Waals surface area contributed by atoms with Crippen molar-refractivity contribution in [1.82, 2.24) is 15.2 Å². The van der Waals surface area contributed by atoms with Gasteiger partial charge in [0.2, 0.25) is 0 Å². The van der Waals surface area contributed by atoms with Crippen LogP contribution in [0.3, 0.4) is 0 Å². The maximum absolute atomic E-state index is 6.12. The molecular formula is C22H23Cl2N3. The third kappa shape index (κ3) is 4.80. The van der Waals surface area contributed by atoms with Crippen molar-refractivity contribution >= 4 is 34.1 Å². The molecule has 3 nitrogen and oxygen atoms in total. The van der Waals surface area contributed by atoms with E-state index in [9.17, 15) is 0 Å². The number of rotatable bonds is 5. The Morgan fingerprint density at radius 3 is 2.59 bits per heavy atom. The van der Waals surface area contributed by atoms with Crippen molar-refractivity contribution in [2.45, 2.75) is 32.0 Å². The highest BCUT2D eigenvalue weighted by atomic mass is 35.5. The quantitative estimate of drug-likeness (QED) is 0.630. The molecule has 27 heavy (non-hydrogen) atoms.